The molecule has 1 heterocycles. The number of hydrogen-bond acceptors (Lipinski definition) is 3. The van der Waals surface area contributed by atoms with Crippen molar-refractivity contribution in [3.05, 3.63) is 24.0 Å². The molecule has 16 heavy (non-hydrogen) atoms. The van der Waals surface area contributed by atoms with Crippen LogP contribution in [0.15, 0.2) is 18.3 Å². The summed E-state index contributed by atoms with van der Waals surface area (Å²) < 4.78 is 6.86. The Morgan fingerprint density at radius 2 is 2.19 bits per heavy atom. The lowest BCUT2D eigenvalue weighted by molar-refractivity contribution is -0.158. The van der Waals surface area contributed by atoms with Crippen molar-refractivity contribution in [2.24, 2.45) is 0 Å². The van der Waals surface area contributed by atoms with E-state index in [0.717, 1.165) is 0 Å². The van der Waals surface area contributed by atoms with Crippen LogP contribution in [0.4, 0.5) is 0 Å². The van der Waals surface area contributed by atoms with Gasteiger partial charge in [0.15, 0.2) is 0 Å². The van der Waals surface area contributed by atoms with Crippen LogP contribution in [0.3, 0.4) is 0 Å². The Balaban J connectivity index is 2.83. The molecule has 86 valence electrons. The van der Waals surface area contributed by atoms with E-state index in [1.165, 1.54) is 0 Å². The number of aromatic nitrogens is 1. The van der Waals surface area contributed by atoms with Gasteiger partial charge in [-0.2, -0.15) is 5.26 Å². The van der Waals surface area contributed by atoms with E-state index in [1.54, 1.807) is 29.8 Å². The summed E-state index contributed by atoms with van der Waals surface area (Å²) in [7, 11) is 0. The van der Waals surface area contributed by atoms with Crippen LogP contribution < -0.4 is 0 Å². The van der Waals surface area contributed by atoms with Gasteiger partial charge >= 0.3 is 5.97 Å². The van der Waals surface area contributed by atoms with Gasteiger partial charge in [-0.1, -0.05) is 0 Å². The second kappa shape index (κ2) is 4.40. The molecule has 0 fully saturated rings. The minimum Gasteiger partial charge on any atom is -0.458 e. The second-order valence-electron chi connectivity index (χ2n) is 4.62. The van der Waals surface area contributed by atoms with Crippen LogP contribution >= 0.6 is 0 Å². The molecule has 0 radical (unpaired) electrons. The van der Waals surface area contributed by atoms with Gasteiger partial charge in [0.05, 0.1) is 0 Å². The Morgan fingerprint density at radius 1 is 1.56 bits per heavy atom. The van der Waals surface area contributed by atoms with Crippen molar-refractivity contribution in [1.29, 1.82) is 5.26 Å². The Morgan fingerprint density at radius 3 is 2.69 bits per heavy atom. The fourth-order valence-electron chi connectivity index (χ4n) is 1.33. The summed E-state index contributed by atoms with van der Waals surface area (Å²) in [6.07, 6.45) is 1.70. The van der Waals surface area contributed by atoms with Gasteiger partial charge in [0.2, 0.25) is 0 Å². The van der Waals surface area contributed by atoms with Crippen molar-refractivity contribution >= 4 is 5.97 Å². The molecule has 0 N–H and O–H groups in total. The third-order valence-electron chi connectivity index (χ3n) is 2.06. The van der Waals surface area contributed by atoms with Gasteiger partial charge in [-0.3, -0.25) is 0 Å². The minimum atomic E-state index is -0.509. The van der Waals surface area contributed by atoms with Gasteiger partial charge in [-0.05, 0) is 39.8 Å². The lowest BCUT2D eigenvalue weighted by Gasteiger charge is -2.23. The molecule has 1 atom stereocenters. The van der Waals surface area contributed by atoms with Crippen LogP contribution in [0.25, 0.3) is 0 Å². The second-order valence-corrected chi connectivity index (χ2v) is 4.62. The number of esters is 1. The molecule has 1 rings (SSSR count). The molecule has 0 aliphatic rings. The number of hydrogen-bond donors (Lipinski definition) is 0. The molecule has 0 saturated heterocycles. The first-order chi connectivity index (χ1) is 7.35. The van der Waals surface area contributed by atoms with Crippen LogP contribution in [0.1, 0.15) is 39.4 Å². The number of ether oxygens (including phenoxy) is 1. The first kappa shape index (κ1) is 12.3. The molecule has 0 saturated carbocycles. The lowest BCUT2D eigenvalue weighted by atomic mass is 10.2. The van der Waals surface area contributed by atoms with Crippen molar-refractivity contribution in [2.45, 2.75) is 39.3 Å². The molecule has 1 unspecified atom stereocenters. The van der Waals surface area contributed by atoms with E-state index < -0.39 is 11.6 Å². The first-order valence-corrected chi connectivity index (χ1v) is 5.15. The zero-order valence-electron chi connectivity index (χ0n) is 10.0. The van der Waals surface area contributed by atoms with Crippen molar-refractivity contribution in [3.63, 3.8) is 0 Å². The van der Waals surface area contributed by atoms with Gasteiger partial charge in [0.25, 0.3) is 0 Å². The van der Waals surface area contributed by atoms with E-state index in [4.69, 9.17) is 10.00 Å². The summed E-state index contributed by atoms with van der Waals surface area (Å²) in [6.45, 7) is 7.17. The molecule has 0 amide bonds. The molecule has 0 spiro atoms. The molecule has 1 aromatic heterocycles. The molecule has 0 aromatic carbocycles. The van der Waals surface area contributed by atoms with E-state index in [-0.39, 0.29) is 5.97 Å². The quantitative estimate of drug-likeness (QED) is 0.718. The molecular weight excluding hydrogens is 204 g/mol. The van der Waals surface area contributed by atoms with E-state index in [0.29, 0.717) is 5.69 Å². The average molecular weight is 220 g/mol. The van der Waals surface area contributed by atoms with Gasteiger partial charge < -0.3 is 9.30 Å². The largest absolute Gasteiger partial charge is 0.458 e. The maximum absolute atomic E-state index is 11.8. The van der Waals surface area contributed by atoms with Gasteiger partial charge in [0, 0.05) is 6.20 Å². The summed E-state index contributed by atoms with van der Waals surface area (Å²) in [6, 6.07) is 4.95. The fourth-order valence-corrected chi connectivity index (χ4v) is 1.33. The smallest absolute Gasteiger partial charge is 0.329 e. The van der Waals surface area contributed by atoms with Crippen LogP contribution in [0.2, 0.25) is 0 Å². The van der Waals surface area contributed by atoms with E-state index in [9.17, 15) is 4.79 Å². The average Bonchev–Trinajstić information content (AvgIpc) is 2.61. The standard InChI is InChI=1S/C12H16N2O2/c1-9(11(15)16-12(2,3)4)14-7-5-6-10(14)8-13/h5-7,9H,1-4H3. The monoisotopic (exact) mass is 220 g/mol. The first-order valence-electron chi connectivity index (χ1n) is 5.15. The molecular formula is C12H16N2O2. The predicted octanol–water partition coefficient (Wildman–Crippen LogP) is 2.26. The van der Waals surface area contributed by atoms with Gasteiger partial charge in [-0.15, -0.1) is 0 Å². The van der Waals surface area contributed by atoms with E-state index >= 15 is 0 Å². The van der Waals surface area contributed by atoms with Gasteiger partial charge in [-0.25, -0.2) is 4.79 Å². The summed E-state index contributed by atoms with van der Waals surface area (Å²) in [5.74, 6) is -0.333. The zero-order valence-corrected chi connectivity index (χ0v) is 10.0. The van der Waals surface area contributed by atoms with Gasteiger partial charge in [0.1, 0.15) is 23.4 Å². The summed E-state index contributed by atoms with van der Waals surface area (Å²) >= 11 is 0. The number of carbonyl (C=O) groups is 1. The highest BCUT2D eigenvalue weighted by Gasteiger charge is 2.23. The summed E-state index contributed by atoms with van der Waals surface area (Å²) in [5.41, 5.74) is -0.0518. The van der Waals surface area contributed by atoms with Crippen LogP contribution in [-0.2, 0) is 9.53 Å². The third kappa shape index (κ3) is 2.86. The SMILES string of the molecule is CC(C(=O)OC(C)(C)C)n1cccc1C#N. The highest BCUT2D eigenvalue weighted by atomic mass is 16.6. The number of nitrogens with zero attached hydrogens (tertiary/aromatic N) is 2. The molecule has 4 heteroatoms. The number of carbonyl (C=O) groups excluding carboxylic acids is 1. The maximum atomic E-state index is 11.8. The van der Waals surface area contributed by atoms with Crippen LogP contribution in [-0.4, -0.2) is 16.1 Å². The Bertz CT molecular complexity index is 421. The highest BCUT2D eigenvalue weighted by Crippen LogP contribution is 2.16. The van der Waals surface area contributed by atoms with Crippen LogP contribution in [0.5, 0.6) is 0 Å². The van der Waals surface area contributed by atoms with Crippen molar-refractivity contribution in [1.82, 2.24) is 4.57 Å². The fraction of sp³-hybridized carbons (Fsp3) is 0.500. The third-order valence-corrected chi connectivity index (χ3v) is 2.06. The molecule has 0 bridgehead atoms. The van der Waals surface area contributed by atoms with Crippen molar-refractivity contribution < 1.29 is 9.53 Å². The highest BCUT2D eigenvalue weighted by molar-refractivity contribution is 5.74. The maximum Gasteiger partial charge on any atom is 0.329 e. The normalized spacial score (nSPS) is 12.9. The van der Waals surface area contributed by atoms with Crippen LogP contribution in [0, 0.1) is 11.3 Å². The topological polar surface area (TPSA) is 55.0 Å². The predicted molar refractivity (Wildman–Crippen MR) is 59.7 cm³/mol. The van der Waals surface area contributed by atoms with Crippen molar-refractivity contribution in [2.75, 3.05) is 0 Å². The Labute approximate surface area is 95.4 Å². The molecule has 0 aliphatic carbocycles. The number of rotatable bonds is 2. The lowest BCUT2D eigenvalue weighted by Crippen LogP contribution is -2.29. The summed E-state index contributed by atoms with van der Waals surface area (Å²) in [4.78, 5) is 11.8. The van der Waals surface area contributed by atoms with Crippen molar-refractivity contribution in [3.8, 4) is 6.07 Å². The minimum absolute atomic E-state index is 0.333. The van der Waals surface area contributed by atoms with E-state index in [1.807, 2.05) is 26.8 Å². The number of nitriles is 1. The molecule has 1 aromatic rings. The van der Waals surface area contributed by atoms with E-state index in [2.05, 4.69) is 0 Å². The summed E-state index contributed by atoms with van der Waals surface area (Å²) in [5, 5.41) is 8.85. The molecule has 4 nitrogen and oxygen atoms in total. The Kier molecular flexibility index (Phi) is 3.38. The molecule has 0 aliphatic heterocycles. The Hall–Kier alpha value is -1.76. The zero-order chi connectivity index (χ0) is 12.3.